The number of aryl methyl sites for hydroxylation is 2. The van der Waals surface area contributed by atoms with Crippen molar-refractivity contribution in [1.82, 2.24) is 0 Å². The molecule has 0 heterocycles. The Kier molecular flexibility index (Phi) is 3.23. The first-order chi connectivity index (χ1) is 6.59. The van der Waals surface area contributed by atoms with Crippen LogP contribution in [0.3, 0.4) is 0 Å². The predicted molar refractivity (Wildman–Crippen MR) is 59.3 cm³/mol. The number of nitrogens with two attached hydrogens (primary N) is 2. The molecule has 0 aliphatic heterocycles. The Balaban J connectivity index is 2.83. The van der Waals surface area contributed by atoms with Crippen molar-refractivity contribution in [1.29, 1.82) is 0 Å². The molecule has 0 saturated heterocycles. The van der Waals surface area contributed by atoms with Gasteiger partial charge in [-0.2, -0.15) is 5.10 Å². The first-order valence-electron chi connectivity index (χ1n) is 4.29. The van der Waals surface area contributed by atoms with Gasteiger partial charge < -0.3 is 11.5 Å². The molecule has 0 saturated carbocycles. The fraction of sp³-hybridized carbons (Fsp3) is 0.200. The van der Waals surface area contributed by atoms with E-state index in [1.807, 2.05) is 25.1 Å². The van der Waals surface area contributed by atoms with E-state index in [0.717, 1.165) is 5.56 Å². The Labute approximate surface area is 83.3 Å². The Morgan fingerprint density at radius 1 is 1.21 bits per heavy atom. The average molecular weight is 190 g/mol. The second-order valence-corrected chi connectivity index (χ2v) is 3.11. The summed E-state index contributed by atoms with van der Waals surface area (Å²) in [6.45, 7) is 4.11. The highest BCUT2D eigenvalue weighted by Gasteiger charge is 1.92. The van der Waals surface area contributed by atoms with E-state index in [9.17, 15) is 0 Å². The highest BCUT2D eigenvalue weighted by atomic mass is 15.3. The van der Waals surface area contributed by atoms with Gasteiger partial charge in [0.1, 0.15) is 0 Å². The molecule has 0 bridgehead atoms. The SMILES string of the molecule is Cc1ccc(C=NN=C(N)N)cc1C. The smallest absolute Gasteiger partial charge is 0.211 e. The van der Waals surface area contributed by atoms with Crippen molar-refractivity contribution < 1.29 is 0 Å². The topological polar surface area (TPSA) is 76.8 Å². The van der Waals surface area contributed by atoms with E-state index in [-0.39, 0.29) is 5.96 Å². The Morgan fingerprint density at radius 2 is 1.93 bits per heavy atom. The number of guanidine groups is 1. The normalized spacial score (nSPS) is 10.4. The van der Waals surface area contributed by atoms with E-state index >= 15 is 0 Å². The Bertz CT molecular complexity index is 376. The van der Waals surface area contributed by atoms with Crippen LogP contribution >= 0.6 is 0 Å². The van der Waals surface area contributed by atoms with Gasteiger partial charge in [-0.1, -0.05) is 18.2 Å². The second-order valence-electron chi connectivity index (χ2n) is 3.11. The predicted octanol–water partition coefficient (Wildman–Crippen LogP) is 0.911. The summed E-state index contributed by atoms with van der Waals surface area (Å²) in [5, 5.41) is 7.24. The van der Waals surface area contributed by atoms with Gasteiger partial charge in [-0.05, 0) is 30.5 Å². The fourth-order valence-corrected chi connectivity index (χ4v) is 1.01. The van der Waals surface area contributed by atoms with Crippen molar-refractivity contribution >= 4 is 12.2 Å². The van der Waals surface area contributed by atoms with Gasteiger partial charge in [-0.25, -0.2) is 0 Å². The molecular formula is C10H14N4. The first-order valence-corrected chi connectivity index (χ1v) is 4.29. The molecule has 0 aromatic heterocycles. The number of benzene rings is 1. The van der Waals surface area contributed by atoms with Crippen molar-refractivity contribution in [3.8, 4) is 0 Å². The van der Waals surface area contributed by atoms with Crippen molar-refractivity contribution in [3.05, 3.63) is 34.9 Å². The molecule has 4 nitrogen and oxygen atoms in total. The minimum atomic E-state index is -0.0370. The minimum absolute atomic E-state index is 0.0370. The highest BCUT2D eigenvalue weighted by Crippen LogP contribution is 2.07. The molecule has 0 aliphatic carbocycles. The Hall–Kier alpha value is -1.84. The molecule has 0 spiro atoms. The lowest BCUT2D eigenvalue weighted by atomic mass is 10.1. The molecule has 1 rings (SSSR count). The number of nitrogens with zero attached hydrogens (tertiary/aromatic N) is 2. The zero-order chi connectivity index (χ0) is 10.6. The van der Waals surface area contributed by atoms with E-state index in [0.29, 0.717) is 0 Å². The Morgan fingerprint density at radius 3 is 2.50 bits per heavy atom. The van der Waals surface area contributed by atoms with Gasteiger partial charge in [-0.15, -0.1) is 5.10 Å². The van der Waals surface area contributed by atoms with Crippen LogP contribution in [-0.4, -0.2) is 12.2 Å². The summed E-state index contributed by atoms with van der Waals surface area (Å²) in [5.74, 6) is -0.0370. The largest absolute Gasteiger partial charge is 0.369 e. The maximum atomic E-state index is 5.12. The average Bonchev–Trinajstić information content (AvgIpc) is 2.10. The second kappa shape index (κ2) is 4.41. The lowest BCUT2D eigenvalue weighted by Crippen LogP contribution is -2.21. The van der Waals surface area contributed by atoms with E-state index in [1.54, 1.807) is 6.21 Å². The maximum Gasteiger partial charge on any atom is 0.211 e. The number of hydrogen-bond acceptors (Lipinski definition) is 2. The minimum Gasteiger partial charge on any atom is -0.369 e. The molecule has 0 amide bonds. The van der Waals surface area contributed by atoms with Crippen LogP contribution in [-0.2, 0) is 0 Å². The van der Waals surface area contributed by atoms with Crippen molar-refractivity contribution in [2.45, 2.75) is 13.8 Å². The molecule has 1 aromatic carbocycles. The molecule has 0 radical (unpaired) electrons. The lowest BCUT2D eigenvalue weighted by Gasteiger charge is -1.99. The molecule has 0 fully saturated rings. The quantitative estimate of drug-likeness (QED) is 0.413. The third kappa shape index (κ3) is 2.90. The zero-order valence-corrected chi connectivity index (χ0v) is 8.36. The molecule has 1 aromatic rings. The standard InChI is InChI=1S/C10H14N4/c1-7-3-4-9(5-8(7)2)6-13-14-10(11)12/h3-6H,1-2H3,(H4,11,12,14). The lowest BCUT2D eigenvalue weighted by molar-refractivity contribution is 1.21. The van der Waals surface area contributed by atoms with Crippen molar-refractivity contribution in [3.63, 3.8) is 0 Å². The van der Waals surface area contributed by atoms with Gasteiger partial charge in [0, 0.05) is 0 Å². The summed E-state index contributed by atoms with van der Waals surface area (Å²) >= 11 is 0. The van der Waals surface area contributed by atoms with Crippen molar-refractivity contribution in [2.24, 2.45) is 21.7 Å². The number of rotatable bonds is 2. The zero-order valence-electron chi connectivity index (χ0n) is 8.36. The summed E-state index contributed by atoms with van der Waals surface area (Å²) in [7, 11) is 0. The first kappa shape index (κ1) is 10.2. The molecule has 0 aliphatic rings. The van der Waals surface area contributed by atoms with Gasteiger partial charge in [-0.3, -0.25) is 0 Å². The summed E-state index contributed by atoms with van der Waals surface area (Å²) in [6.07, 6.45) is 1.62. The fourth-order valence-electron chi connectivity index (χ4n) is 1.01. The summed E-state index contributed by atoms with van der Waals surface area (Å²) in [6, 6.07) is 6.03. The third-order valence-electron chi connectivity index (χ3n) is 1.91. The number of hydrogen-bond donors (Lipinski definition) is 2. The van der Waals surface area contributed by atoms with Gasteiger partial charge in [0.05, 0.1) is 6.21 Å². The van der Waals surface area contributed by atoms with Gasteiger partial charge in [0.2, 0.25) is 5.96 Å². The van der Waals surface area contributed by atoms with Gasteiger partial charge in [0.15, 0.2) is 0 Å². The van der Waals surface area contributed by atoms with Crippen LogP contribution in [0, 0.1) is 13.8 Å². The highest BCUT2D eigenvalue weighted by molar-refractivity contribution is 5.81. The van der Waals surface area contributed by atoms with E-state index in [4.69, 9.17) is 11.5 Å². The molecule has 4 heteroatoms. The van der Waals surface area contributed by atoms with E-state index in [2.05, 4.69) is 17.1 Å². The molecule has 0 atom stereocenters. The van der Waals surface area contributed by atoms with Crippen LogP contribution in [0.25, 0.3) is 0 Å². The van der Waals surface area contributed by atoms with E-state index in [1.165, 1.54) is 11.1 Å². The monoisotopic (exact) mass is 190 g/mol. The summed E-state index contributed by atoms with van der Waals surface area (Å²) in [5.41, 5.74) is 13.7. The van der Waals surface area contributed by atoms with Crippen molar-refractivity contribution in [2.75, 3.05) is 0 Å². The molecular weight excluding hydrogens is 176 g/mol. The molecule has 0 unspecified atom stereocenters. The maximum absolute atomic E-state index is 5.12. The van der Waals surface area contributed by atoms with Crippen LogP contribution in [0.4, 0.5) is 0 Å². The van der Waals surface area contributed by atoms with Crippen LogP contribution in [0.2, 0.25) is 0 Å². The summed E-state index contributed by atoms with van der Waals surface area (Å²) < 4.78 is 0. The van der Waals surface area contributed by atoms with Crippen LogP contribution in [0.5, 0.6) is 0 Å². The molecule has 4 N–H and O–H groups in total. The summed E-state index contributed by atoms with van der Waals surface area (Å²) in [4.78, 5) is 0. The van der Waals surface area contributed by atoms with Crippen LogP contribution in [0.15, 0.2) is 28.4 Å². The van der Waals surface area contributed by atoms with Gasteiger partial charge in [0.25, 0.3) is 0 Å². The molecule has 74 valence electrons. The van der Waals surface area contributed by atoms with Crippen LogP contribution < -0.4 is 11.5 Å². The van der Waals surface area contributed by atoms with Gasteiger partial charge >= 0.3 is 0 Å². The third-order valence-corrected chi connectivity index (χ3v) is 1.91. The molecule has 14 heavy (non-hydrogen) atoms. The van der Waals surface area contributed by atoms with Crippen LogP contribution in [0.1, 0.15) is 16.7 Å². The van der Waals surface area contributed by atoms with E-state index < -0.39 is 0 Å².